The van der Waals surface area contributed by atoms with Gasteiger partial charge in [0.15, 0.2) is 0 Å². The quantitative estimate of drug-likeness (QED) is 0.791. The minimum absolute atomic E-state index is 0.00272. The summed E-state index contributed by atoms with van der Waals surface area (Å²) in [4.78, 5) is 10.8. The van der Waals surface area contributed by atoms with Crippen LogP contribution in [0.25, 0.3) is 10.9 Å². The molecule has 0 atom stereocenters. The van der Waals surface area contributed by atoms with E-state index in [1.54, 1.807) is 0 Å². The van der Waals surface area contributed by atoms with Crippen molar-refractivity contribution in [2.24, 2.45) is 7.05 Å². The van der Waals surface area contributed by atoms with Crippen LogP contribution in [0.1, 0.15) is 12.5 Å². The van der Waals surface area contributed by atoms with Crippen LogP contribution in [0.3, 0.4) is 0 Å². The lowest BCUT2D eigenvalue weighted by Gasteiger charge is -1.99. The molecule has 1 amide bonds. The van der Waals surface area contributed by atoms with Crippen molar-refractivity contribution in [2.75, 3.05) is 0 Å². The molecule has 1 heterocycles. The molecule has 0 saturated carbocycles. The number of para-hydroxylation sites is 1. The minimum Gasteiger partial charge on any atom is -0.352 e. The number of hydrogen-bond acceptors (Lipinski definition) is 1. The lowest BCUT2D eigenvalue weighted by Crippen LogP contribution is -2.18. The number of carbonyl (C=O) groups is 1. The maximum Gasteiger partial charge on any atom is 0.217 e. The standard InChI is InChI=1S/C12H14N2O/c1-9(15)13-7-10-8-14(2)12-6-4-3-5-11(10)12/h3-6,8H,7H2,1-2H3,(H,13,15). The van der Waals surface area contributed by atoms with Crippen LogP contribution >= 0.6 is 0 Å². The average Bonchev–Trinajstić information content (AvgIpc) is 2.54. The Morgan fingerprint density at radius 1 is 1.40 bits per heavy atom. The highest BCUT2D eigenvalue weighted by Crippen LogP contribution is 2.19. The van der Waals surface area contributed by atoms with E-state index in [1.807, 2.05) is 19.2 Å². The molecule has 1 aromatic heterocycles. The van der Waals surface area contributed by atoms with Crippen molar-refractivity contribution in [3.05, 3.63) is 36.0 Å². The smallest absolute Gasteiger partial charge is 0.217 e. The number of aromatic nitrogens is 1. The number of amides is 1. The summed E-state index contributed by atoms with van der Waals surface area (Å²) in [5.74, 6) is 0.00272. The summed E-state index contributed by atoms with van der Waals surface area (Å²) in [6, 6.07) is 8.18. The predicted octanol–water partition coefficient (Wildman–Crippen LogP) is 1.81. The number of carbonyl (C=O) groups excluding carboxylic acids is 1. The van der Waals surface area contributed by atoms with Gasteiger partial charge >= 0.3 is 0 Å². The second-order valence-corrected chi connectivity index (χ2v) is 3.69. The van der Waals surface area contributed by atoms with Crippen LogP contribution in [0.5, 0.6) is 0 Å². The van der Waals surface area contributed by atoms with E-state index in [4.69, 9.17) is 0 Å². The number of nitrogens with zero attached hydrogens (tertiary/aromatic N) is 1. The van der Waals surface area contributed by atoms with Crippen LogP contribution in [0.2, 0.25) is 0 Å². The highest BCUT2D eigenvalue weighted by Gasteiger charge is 2.05. The highest BCUT2D eigenvalue weighted by atomic mass is 16.1. The Hall–Kier alpha value is -1.77. The van der Waals surface area contributed by atoms with Crippen molar-refractivity contribution in [3.8, 4) is 0 Å². The second-order valence-electron chi connectivity index (χ2n) is 3.69. The first-order valence-electron chi connectivity index (χ1n) is 4.96. The fraction of sp³-hybridized carbons (Fsp3) is 0.250. The number of rotatable bonds is 2. The lowest BCUT2D eigenvalue weighted by molar-refractivity contribution is -0.119. The fourth-order valence-corrected chi connectivity index (χ4v) is 1.79. The van der Waals surface area contributed by atoms with E-state index >= 15 is 0 Å². The third-order valence-corrected chi connectivity index (χ3v) is 2.51. The first kappa shape index (κ1) is 9.77. The van der Waals surface area contributed by atoms with Gasteiger partial charge in [-0.3, -0.25) is 4.79 Å². The summed E-state index contributed by atoms with van der Waals surface area (Å²) < 4.78 is 2.08. The first-order chi connectivity index (χ1) is 7.18. The van der Waals surface area contributed by atoms with Crippen LogP contribution < -0.4 is 5.32 Å². The Bertz CT molecular complexity index is 499. The molecule has 0 aliphatic heterocycles. The Morgan fingerprint density at radius 2 is 2.13 bits per heavy atom. The van der Waals surface area contributed by atoms with Gasteiger partial charge in [-0.1, -0.05) is 18.2 Å². The monoisotopic (exact) mass is 202 g/mol. The Morgan fingerprint density at radius 3 is 2.87 bits per heavy atom. The molecule has 0 fully saturated rings. The van der Waals surface area contributed by atoms with Crippen LogP contribution in [0.15, 0.2) is 30.5 Å². The Kier molecular flexibility index (Phi) is 2.46. The minimum atomic E-state index is 0.00272. The topological polar surface area (TPSA) is 34.0 Å². The molecule has 0 radical (unpaired) electrons. The van der Waals surface area contributed by atoms with E-state index in [1.165, 1.54) is 17.8 Å². The molecule has 1 N–H and O–H groups in total. The van der Waals surface area contributed by atoms with Gasteiger partial charge in [-0.25, -0.2) is 0 Å². The maximum atomic E-state index is 10.8. The van der Waals surface area contributed by atoms with Crippen LogP contribution in [0.4, 0.5) is 0 Å². The van der Waals surface area contributed by atoms with E-state index in [0.29, 0.717) is 6.54 Å². The van der Waals surface area contributed by atoms with Crippen LogP contribution in [-0.4, -0.2) is 10.5 Å². The van der Waals surface area contributed by atoms with E-state index in [9.17, 15) is 4.79 Å². The largest absolute Gasteiger partial charge is 0.352 e. The molecule has 0 aliphatic rings. The molecule has 3 heteroatoms. The van der Waals surface area contributed by atoms with Crippen LogP contribution in [-0.2, 0) is 18.4 Å². The molecule has 0 saturated heterocycles. The summed E-state index contributed by atoms with van der Waals surface area (Å²) in [7, 11) is 2.01. The first-order valence-corrected chi connectivity index (χ1v) is 4.96. The molecule has 78 valence electrons. The number of nitrogens with one attached hydrogen (secondary N) is 1. The lowest BCUT2D eigenvalue weighted by atomic mass is 10.2. The number of aryl methyl sites for hydroxylation is 1. The third-order valence-electron chi connectivity index (χ3n) is 2.51. The summed E-state index contributed by atoms with van der Waals surface area (Å²) in [6.45, 7) is 2.13. The second kappa shape index (κ2) is 3.77. The van der Waals surface area contributed by atoms with Gasteiger partial charge in [0.1, 0.15) is 0 Å². The van der Waals surface area contributed by atoms with Gasteiger partial charge in [0.25, 0.3) is 0 Å². The van der Waals surface area contributed by atoms with Gasteiger partial charge in [-0.2, -0.15) is 0 Å². The van der Waals surface area contributed by atoms with E-state index < -0.39 is 0 Å². The normalized spacial score (nSPS) is 10.5. The molecule has 3 nitrogen and oxygen atoms in total. The average molecular weight is 202 g/mol. The van der Waals surface area contributed by atoms with Crippen molar-refractivity contribution < 1.29 is 4.79 Å². The molecule has 2 rings (SSSR count). The molecule has 15 heavy (non-hydrogen) atoms. The molecule has 0 aliphatic carbocycles. The summed E-state index contributed by atoms with van der Waals surface area (Å²) in [6.07, 6.45) is 2.06. The zero-order valence-corrected chi connectivity index (χ0v) is 8.95. The Labute approximate surface area is 88.7 Å². The summed E-state index contributed by atoms with van der Waals surface area (Å²) in [5.41, 5.74) is 2.35. The molecule has 1 aromatic carbocycles. The number of benzene rings is 1. The number of fused-ring (bicyclic) bond motifs is 1. The summed E-state index contributed by atoms with van der Waals surface area (Å²) >= 11 is 0. The van der Waals surface area contributed by atoms with Crippen molar-refractivity contribution in [3.63, 3.8) is 0 Å². The van der Waals surface area contributed by atoms with E-state index in [0.717, 1.165) is 5.56 Å². The van der Waals surface area contributed by atoms with E-state index in [2.05, 4.69) is 28.2 Å². The maximum absolute atomic E-state index is 10.8. The van der Waals surface area contributed by atoms with Gasteiger partial charge in [-0.15, -0.1) is 0 Å². The third kappa shape index (κ3) is 1.86. The fourth-order valence-electron chi connectivity index (χ4n) is 1.79. The molecule has 0 spiro atoms. The van der Waals surface area contributed by atoms with Gasteiger partial charge in [0, 0.05) is 37.6 Å². The van der Waals surface area contributed by atoms with Gasteiger partial charge in [0.05, 0.1) is 0 Å². The van der Waals surface area contributed by atoms with Crippen molar-refractivity contribution in [2.45, 2.75) is 13.5 Å². The Balaban J connectivity index is 2.39. The molecular formula is C12H14N2O. The highest BCUT2D eigenvalue weighted by molar-refractivity contribution is 5.84. The van der Waals surface area contributed by atoms with Crippen molar-refractivity contribution >= 4 is 16.8 Å². The summed E-state index contributed by atoms with van der Waals surface area (Å²) in [5, 5.41) is 4.02. The van der Waals surface area contributed by atoms with Crippen molar-refractivity contribution in [1.82, 2.24) is 9.88 Å². The van der Waals surface area contributed by atoms with Gasteiger partial charge in [-0.05, 0) is 11.6 Å². The molecule has 0 unspecified atom stereocenters. The van der Waals surface area contributed by atoms with Crippen molar-refractivity contribution in [1.29, 1.82) is 0 Å². The predicted molar refractivity (Wildman–Crippen MR) is 60.4 cm³/mol. The molecule has 0 bridgehead atoms. The molecular weight excluding hydrogens is 188 g/mol. The SMILES string of the molecule is CC(=O)NCc1cn(C)c2ccccc12. The molecule has 2 aromatic rings. The zero-order valence-electron chi connectivity index (χ0n) is 8.95. The van der Waals surface area contributed by atoms with Crippen LogP contribution in [0, 0.1) is 0 Å². The van der Waals surface area contributed by atoms with Gasteiger partial charge in [0.2, 0.25) is 5.91 Å². The van der Waals surface area contributed by atoms with Gasteiger partial charge < -0.3 is 9.88 Å². The zero-order chi connectivity index (χ0) is 10.8. The van der Waals surface area contributed by atoms with E-state index in [-0.39, 0.29) is 5.91 Å². The number of hydrogen-bond donors (Lipinski definition) is 1.